The minimum Gasteiger partial charge on any atom is -1.00 e. The predicted molar refractivity (Wildman–Crippen MR) is 159 cm³/mol. The zero-order chi connectivity index (χ0) is 27.9. The summed E-state index contributed by atoms with van der Waals surface area (Å²) >= 11 is 0. The number of hydrogen-bond acceptors (Lipinski definition) is 2. The summed E-state index contributed by atoms with van der Waals surface area (Å²) in [5.74, 6) is 0. The molecule has 4 rings (SSSR count). The van der Waals surface area contributed by atoms with Crippen LogP contribution in [-0.4, -0.2) is 8.42 Å². The van der Waals surface area contributed by atoms with Gasteiger partial charge in [0.15, 0.2) is 0 Å². The van der Waals surface area contributed by atoms with Crippen LogP contribution in [0.1, 0.15) is 66.2 Å². The van der Waals surface area contributed by atoms with Gasteiger partial charge in [-0.1, -0.05) is 140 Å². The Morgan fingerprint density at radius 3 is 1.48 bits per heavy atom. The number of benzene rings is 4. The van der Waals surface area contributed by atoms with Gasteiger partial charge in [0.05, 0.1) is 0 Å². The predicted octanol–water partition coefficient (Wildman–Crippen LogP) is 6.19. The average Bonchev–Trinajstić information content (AvgIpc) is 2.87. The molecule has 0 aliphatic heterocycles. The first-order chi connectivity index (χ1) is 17.9. The van der Waals surface area contributed by atoms with Crippen LogP contribution in [-0.2, 0) is 34.9 Å². The van der Waals surface area contributed by atoms with E-state index in [1.165, 1.54) is 16.7 Å². The first-order valence-corrected chi connectivity index (χ1v) is 14.2. The van der Waals surface area contributed by atoms with E-state index in [0.29, 0.717) is 5.56 Å². The van der Waals surface area contributed by atoms with Crippen LogP contribution in [0.3, 0.4) is 0 Å². The van der Waals surface area contributed by atoms with Crippen LogP contribution in [0.4, 0.5) is 0 Å². The molecule has 0 heterocycles. The van der Waals surface area contributed by atoms with Gasteiger partial charge in [0.2, 0.25) is 0 Å². The molecule has 2 atom stereocenters. The minimum atomic E-state index is -3.92. The van der Waals surface area contributed by atoms with Gasteiger partial charge in [-0.15, -0.1) is 12.1 Å². The summed E-state index contributed by atoms with van der Waals surface area (Å²) in [6.45, 7) is 12.6. The van der Waals surface area contributed by atoms with E-state index in [2.05, 4.69) is 64.5 Å². The van der Waals surface area contributed by atoms with Gasteiger partial charge in [0.1, 0.15) is 10.0 Å². The van der Waals surface area contributed by atoms with Crippen molar-refractivity contribution in [1.29, 1.82) is 0 Å². The molecule has 1 radical (unpaired) electrons. The van der Waals surface area contributed by atoms with Crippen LogP contribution >= 0.6 is 0 Å². The van der Waals surface area contributed by atoms with Crippen molar-refractivity contribution in [2.75, 3.05) is 0 Å². The molecule has 4 aromatic rings. The van der Waals surface area contributed by atoms with E-state index >= 15 is 0 Å². The maximum Gasteiger partial charge on any atom is 3.00 e. The SMILES string of the molecule is CC(C)(C)c1ccc(S(=O)(=O)[N-][C@@H](c2ccccc2)[C@@H]([NH-])c2ccccc2)cc1.Cc1cc(C)cc(C)c1.[Cl-].[Ru+3]. The zero-order valence-corrected chi connectivity index (χ0v) is 27.2. The molecule has 7 heteroatoms. The molecule has 0 aliphatic carbocycles. The first-order valence-electron chi connectivity index (χ1n) is 12.8. The Morgan fingerprint density at radius 2 is 1.07 bits per heavy atom. The van der Waals surface area contributed by atoms with Gasteiger partial charge in [0, 0.05) is 4.90 Å². The third-order valence-electron chi connectivity index (χ3n) is 6.25. The molecule has 0 aliphatic rings. The van der Waals surface area contributed by atoms with Crippen LogP contribution in [0.25, 0.3) is 10.5 Å². The zero-order valence-electron chi connectivity index (χ0n) is 23.9. The van der Waals surface area contributed by atoms with E-state index in [1.54, 1.807) is 12.1 Å². The summed E-state index contributed by atoms with van der Waals surface area (Å²) in [6, 6.07) is 30.1. The number of sulfonamides is 1. The normalized spacial score (nSPS) is 12.6. The van der Waals surface area contributed by atoms with Gasteiger partial charge in [-0.25, -0.2) is 8.42 Å². The molecule has 0 saturated heterocycles. The molecule has 0 bridgehead atoms. The molecular formula is C33H38ClN2O2RuS. The van der Waals surface area contributed by atoms with E-state index in [0.717, 1.165) is 11.1 Å². The van der Waals surface area contributed by atoms with Crippen LogP contribution in [0.2, 0.25) is 0 Å². The smallest absolute Gasteiger partial charge is 1.00 e. The van der Waals surface area contributed by atoms with E-state index in [4.69, 9.17) is 5.73 Å². The number of nitrogens with zero attached hydrogens (tertiary/aromatic N) is 1. The molecule has 0 unspecified atom stereocenters. The van der Waals surface area contributed by atoms with Crippen molar-refractivity contribution in [3.05, 3.63) is 147 Å². The quantitative estimate of drug-likeness (QED) is 0.231. The van der Waals surface area contributed by atoms with Crippen molar-refractivity contribution in [2.45, 2.75) is 63.9 Å². The van der Waals surface area contributed by atoms with Crippen molar-refractivity contribution in [3.63, 3.8) is 0 Å². The number of rotatable bonds is 6. The maximum absolute atomic E-state index is 13.1. The summed E-state index contributed by atoms with van der Waals surface area (Å²) in [6.07, 6.45) is 0. The molecule has 4 nitrogen and oxygen atoms in total. The molecule has 0 aromatic heterocycles. The fourth-order valence-corrected chi connectivity index (χ4v) is 5.49. The van der Waals surface area contributed by atoms with Gasteiger partial charge in [-0.3, -0.25) is 0 Å². The molecule has 4 aromatic carbocycles. The van der Waals surface area contributed by atoms with Gasteiger partial charge in [-0.2, -0.15) is 0 Å². The number of halogens is 1. The van der Waals surface area contributed by atoms with Gasteiger partial charge >= 0.3 is 19.5 Å². The Morgan fingerprint density at radius 1 is 0.675 bits per heavy atom. The molecule has 0 spiro atoms. The summed E-state index contributed by atoms with van der Waals surface area (Å²) in [7, 11) is -3.92. The fourth-order valence-electron chi connectivity index (χ4n) is 4.35. The summed E-state index contributed by atoms with van der Waals surface area (Å²) < 4.78 is 30.3. The van der Waals surface area contributed by atoms with Crippen molar-refractivity contribution in [2.24, 2.45) is 0 Å². The largest absolute Gasteiger partial charge is 3.00 e. The summed E-state index contributed by atoms with van der Waals surface area (Å²) in [5, 5.41) is 0. The number of aryl methyl sites for hydroxylation is 3. The molecule has 0 amide bonds. The van der Waals surface area contributed by atoms with Crippen LogP contribution in [0, 0.1) is 20.8 Å². The van der Waals surface area contributed by atoms with Crippen molar-refractivity contribution < 1.29 is 40.3 Å². The second-order valence-corrected chi connectivity index (χ2v) is 12.4. The second-order valence-electron chi connectivity index (χ2n) is 10.8. The maximum atomic E-state index is 13.1. The van der Waals surface area contributed by atoms with Crippen LogP contribution in [0.15, 0.2) is 108 Å². The topological polar surface area (TPSA) is 72.0 Å². The third-order valence-corrected chi connectivity index (χ3v) is 7.62. The monoisotopic (exact) mass is 663 g/mol. The molecule has 0 saturated carbocycles. The number of hydrogen-bond donors (Lipinski definition) is 0. The van der Waals surface area contributed by atoms with Gasteiger partial charge in [0.25, 0.3) is 0 Å². The fraction of sp³-hybridized carbons (Fsp3) is 0.273. The van der Waals surface area contributed by atoms with Crippen molar-refractivity contribution in [1.82, 2.24) is 0 Å². The average molecular weight is 663 g/mol. The third kappa shape index (κ3) is 10.2. The Balaban J connectivity index is 0.000000622. The second kappa shape index (κ2) is 15.6. The van der Waals surface area contributed by atoms with Crippen LogP contribution in [0.5, 0.6) is 0 Å². The Labute approximate surface area is 260 Å². The Kier molecular flexibility index (Phi) is 13.9. The standard InChI is InChI=1S/C24H26N2O2S.C9H12.ClH.Ru/c1-24(2,3)20-14-16-21(17-15-20)29(27,28)26-23(19-12-8-5-9-13-19)22(25)18-10-6-4-7-11-18;1-7-4-8(2)6-9(3)5-7;;/h4-17,22-23,25H,1-3H3;4-6H,1-3H3;1H;/q-2;;;+3/p-1/t22-,23-;;;/m0.../s1. The Hall–Kier alpha value is -2.34. The van der Waals surface area contributed by atoms with Crippen molar-refractivity contribution in [3.8, 4) is 0 Å². The molecule has 40 heavy (non-hydrogen) atoms. The number of nitrogens with one attached hydrogen (secondary N) is 1. The van der Waals surface area contributed by atoms with Gasteiger partial charge in [-0.05, 0) is 43.9 Å². The molecule has 0 fully saturated rings. The van der Waals surface area contributed by atoms with Crippen molar-refractivity contribution >= 4 is 10.0 Å². The Bertz CT molecular complexity index is 1370. The summed E-state index contributed by atoms with van der Waals surface area (Å²) in [5.41, 5.74) is 15.2. The summed E-state index contributed by atoms with van der Waals surface area (Å²) in [4.78, 5) is 0.145. The van der Waals surface area contributed by atoms with Crippen LogP contribution < -0.4 is 12.4 Å². The van der Waals surface area contributed by atoms with E-state index < -0.39 is 22.1 Å². The van der Waals surface area contributed by atoms with Gasteiger partial charge < -0.3 is 22.9 Å². The van der Waals surface area contributed by atoms with E-state index in [9.17, 15) is 8.42 Å². The first kappa shape index (κ1) is 35.7. The van der Waals surface area contributed by atoms with E-state index in [1.807, 2.05) is 72.8 Å². The molecule has 1 N–H and O–H groups in total. The molecular weight excluding hydrogens is 625 g/mol. The molecule has 213 valence electrons. The minimum absolute atomic E-state index is 0. The van der Waals surface area contributed by atoms with E-state index in [-0.39, 0.29) is 42.2 Å².